The zero-order valence-electron chi connectivity index (χ0n) is 9.63. The number of rotatable bonds is 5. The largest absolute Gasteiger partial charge is 0.480 e. The van der Waals surface area contributed by atoms with Gasteiger partial charge in [0.05, 0.1) is 12.2 Å². The van der Waals surface area contributed by atoms with Crippen molar-refractivity contribution in [2.24, 2.45) is 0 Å². The first-order chi connectivity index (χ1) is 6.22. The first kappa shape index (κ1) is 13.4. The van der Waals surface area contributed by atoms with Gasteiger partial charge in [-0.3, -0.25) is 4.79 Å². The lowest BCUT2D eigenvalue weighted by atomic mass is 10.2. The van der Waals surface area contributed by atoms with Gasteiger partial charge in [0, 0.05) is 6.04 Å². The summed E-state index contributed by atoms with van der Waals surface area (Å²) in [5.41, 5.74) is -0.299. The van der Waals surface area contributed by atoms with Crippen LogP contribution in [0.1, 0.15) is 34.6 Å². The van der Waals surface area contributed by atoms with E-state index in [0.29, 0.717) is 0 Å². The van der Waals surface area contributed by atoms with Crippen molar-refractivity contribution >= 4 is 5.97 Å². The number of carboxylic acid groups (broad SMARTS) is 1. The second-order valence-corrected chi connectivity index (χ2v) is 4.64. The fourth-order valence-corrected chi connectivity index (χ4v) is 0.926. The van der Waals surface area contributed by atoms with Crippen molar-refractivity contribution in [3.63, 3.8) is 0 Å². The molecule has 0 saturated heterocycles. The third-order valence-corrected chi connectivity index (χ3v) is 1.52. The molecule has 0 bridgehead atoms. The predicted molar refractivity (Wildman–Crippen MR) is 55.4 cm³/mol. The van der Waals surface area contributed by atoms with E-state index in [2.05, 4.69) is 5.32 Å². The van der Waals surface area contributed by atoms with Gasteiger partial charge in [0.1, 0.15) is 6.04 Å². The van der Waals surface area contributed by atoms with E-state index in [-0.39, 0.29) is 18.2 Å². The molecule has 0 aromatic carbocycles. The van der Waals surface area contributed by atoms with E-state index < -0.39 is 12.0 Å². The van der Waals surface area contributed by atoms with Crippen LogP contribution in [0.4, 0.5) is 0 Å². The minimum absolute atomic E-state index is 0.139. The smallest absolute Gasteiger partial charge is 0.323 e. The number of carbonyl (C=O) groups is 1. The SMILES string of the molecule is CC(C)NC(COC(C)(C)C)C(=O)O. The summed E-state index contributed by atoms with van der Waals surface area (Å²) in [5.74, 6) is -0.872. The van der Waals surface area contributed by atoms with Crippen LogP contribution in [0.25, 0.3) is 0 Å². The zero-order valence-corrected chi connectivity index (χ0v) is 9.63. The number of hydrogen-bond donors (Lipinski definition) is 2. The van der Waals surface area contributed by atoms with Crippen LogP contribution in [0.5, 0.6) is 0 Å². The van der Waals surface area contributed by atoms with Gasteiger partial charge >= 0.3 is 5.97 Å². The molecule has 4 nitrogen and oxygen atoms in total. The third-order valence-electron chi connectivity index (χ3n) is 1.52. The summed E-state index contributed by atoms with van der Waals surface area (Å²) >= 11 is 0. The molecule has 1 atom stereocenters. The van der Waals surface area contributed by atoms with Crippen molar-refractivity contribution in [2.75, 3.05) is 6.61 Å². The standard InChI is InChI=1S/C10H21NO3/c1-7(2)11-8(9(12)13)6-14-10(3,4)5/h7-8,11H,6H2,1-5H3,(H,12,13). The molecule has 84 valence electrons. The Hall–Kier alpha value is -0.610. The van der Waals surface area contributed by atoms with Crippen molar-refractivity contribution in [1.82, 2.24) is 5.32 Å². The average molecular weight is 203 g/mol. The highest BCUT2D eigenvalue weighted by molar-refractivity contribution is 5.73. The van der Waals surface area contributed by atoms with E-state index >= 15 is 0 Å². The van der Waals surface area contributed by atoms with E-state index in [1.807, 2.05) is 34.6 Å². The molecular formula is C10H21NO3. The minimum atomic E-state index is -0.872. The Morgan fingerprint density at radius 2 is 1.93 bits per heavy atom. The van der Waals surface area contributed by atoms with Crippen molar-refractivity contribution in [3.05, 3.63) is 0 Å². The fraction of sp³-hybridized carbons (Fsp3) is 0.900. The quantitative estimate of drug-likeness (QED) is 0.706. The van der Waals surface area contributed by atoms with Crippen LogP contribution >= 0.6 is 0 Å². The molecule has 0 aliphatic rings. The maximum Gasteiger partial charge on any atom is 0.323 e. The first-order valence-corrected chi connectivity index (χ1v) is 4.85. The highest BCUT2D eigenvalue weighted by Crippen LogP contribution is 2.07. The first-order valence-electron chi connectivity index (χ1n) is 4.85. The molecule has 0 saturated carbocycles. The lowest BCUT2D eigenvalue weighted by molar-refractivity contribution is -0.143. The van der Waals surface area contributed by atoms with Crippen molar-refractivity contribution < 1.29 is 14.6 Å². The van der Waals surface area contributed by atoms with E-state index in [0.717, 1.165) is 0 Å². The Labute approximate surface area is 85.6 Å². The highest BCUT2D eigenvalue weighted by Gasteiger charge is 2.21. The predicted octanol–water partition coefficient (Wildman–Crippen LogP) is 1.25. The maximum absolute atomic E-state index is 10.8. The summed E-state index contributed by atoms with van der Waals surface area (Å²) in [5, 5.41) is 11.8. The van der Waals surface area contributed by atoms with Crippen LogP contribution in [0.2, 0.25) is 0 Å². The number of aliphatic carboxylic acids is 1. The zero-order chi connectivity index (χ0) is 11.4. The van der Waals surface area contributed by atoms with Crippen LogP contribution < -0.4 is 5.32 Å². The Bertz CT molecular complexity index is 184. The number of hydrogen-bond acceptors (Lipinski definition) is 3. The van der Waals surface area contributed by atoms with Gasteiger partial charge in [-0.1, -0.05) is 13.8 Å². The molecule has 4 heteroatoms. The summed E-state index contributed by atoms with van der Waals surface area (Å²) in [4.78, 5) is 10.8. The van der Waals surface area contributed by atoms with Gasteiger partial charge in [-0.25, -0.2) is 0 Å². The molecule has 0 rings (SSSR count). The van der Waals surface area contributed by atoms with Gasteiger partial charge in [-0.2, -0.15) is 0 Å². The van der Waals surface area contributed by atoms with Gasteiger partial charge < -0.3 is 15.2 Å². The Kier molecular flexibility index (Phi) is 5.08. The summed E-state index contributed by atoms with van der Waals surface area (Å²) in [6.45, 7) is 9.72. The number of ether oxygens (including phenoxy) is 1. The van der Waals surface area contributed by atoms with Crippen molar-refractivity contribution in [3.8, 4) is 0 Å². The molecule has 0 radical (unpaired) electrons. The molecule has 14 heavy (non-hydrogen) atoms. The summed E-state index contributed by atoms with van der Waals surface area (Å²) in [6, 6.07) is -0.492. The lowest BCUT2D eigenvalue weighted by Crippen LogP contribution is -2.45. The molecule has 0 fully saturated rings. The van der Waals surface area contributed by atoms with E-state index in [4.69, 9.17) is 9.84 Å². The summed E-state index contributed by atoms with van der Waals surface area (Å²) < 4.78 is 5.41. The van der Waals surface area contributed by atoms with Crippen molar-refractivity contribution in [2.45, 2.75) is 52.3 Å². The number of carboxylic acids is 1. The van der Waals surface area contributed by atoms with Gasteiger partial charge in [0.15, 0.2) is 0 Å². The third kappa shape index (κ3) is 6.86. The van der Waals surface area contributed by atoms with Gasteiger partial charge in [-0.15, -0.1) is 0 Å². The van der Waals surface area contributed by atoms with Crippen LogP contribution in [0, 0.1) is 0 Å². The number of nitrogens with one attached hydrogen (secondary N) is 1. The molecule has 0 aliphatic carbocycles. The van der Waals surface area contributed by atoms with Crippen molar-refractivity contribution in [1.29, 1.82) is 0 Å². The van der Waals surface area contributed by atoms with E-state index in [1.54, 1.807) is 0 Å². The van der Waals surface area contributed by atoms with Crippen LogP contribution in [-0.2, 0) is 9.53 Å². The monoisotopic (exact) mass is 203 g/mol. The average Bonchev–Trinajstić information content (AvgIpc) is 1.94. The van der Waals surface area contributed by atoms with Crippen LogP contribution in [-0.4, -0.2) is 35.4 Å². The Morgan fingerprint density at radius 3 is 2.21 bits per heavy atom. The normalized spacial score (nSPS) is 14.4. The summed E-state index contributed by atoms with van der Waals surface area (Å²) in [6.07, 6.45) is 0. The molecule has 0 spiro atoms. The second-order valence-electron chi connectivity index (χ2n) is 4.64. The minimum Gasteiger partial charge on any atom is -0.480 e. The van der Waals surface area contributed by atoms with Crippen LogP contribution in [0.3, 0.4) is 0 Å². The molecule has 0 heterocycles. The lowest BCUT2D eigenvalue weighted by Gasteiger charge is -2.24. The fourth-order valence-electron chi connectivity index (χ4n) is 0.926. The Morgan fingerprint density at radius 1 is 1.43 bits per heavy atom. The van der Waals surface area contributed by atoms with Gasteiger partial charge in [0.25, 0.3) is 0 Å². The van der Waals surface area contributed by atoms with Crippen LogP contribution in [0.15, 0.2) is 0 Å². The molecule has 0 amide bonds. The Balaban J connectivity index is 4.05. The van der Waals surface area contributed by atoms with E-state index in [1.165, 1.54) is 0 Å². The van der Waals surface area contributed by atoms with Gasteiger partial charge in [-0.05, 0) is 20.8 Å². The van der Waals surface area contributed by atoms with Gasteiger partial charge in [0.2, 0.25) is 0 Å². The maximum atomic E-state index is 10.8. The highest BCUT2D eigenvalue weighted by atomic mass is 16.5. The second kappa shape index (κ2) is 5.32. The molecule has 0 aromatic rings. The molecular weight excluding hydrogens is 182 g/mol. The molecule has 0 aromatic heterocycles. The molecule has 1 unspecified atom stereocenters. The topological polar surface area (TPSA) is 58.6 Å². The molecule has 0 aliphatic heterocycles. The van der Waals surface area contributed by atoms with E-state index in [9.17, 15) is 4.79 Å². The molecule has 2 N–H and O–H groups in total. The summed E-state index contributed by atoms with van der Waals surface area (Å²) in [7, 11) is 0.